The fourth-order valence-corrected chi connectivity index (χ4v) is 3.09. The molecule has 0 spiro atoms. The molecule has 0 unspecified atom stereocenters. The Bertz CT molecular complexity index is 995. The second-order valence-electron chi connectivity index (χ2n) is 5.52. The van der Waals surface area contributed by atoms with Crippen LogP contribution >= 0.6 is 22.9 Å². The van der Waals surface area contributed by atoms with Gasteiger partial charge in [0.25, 0.3) is 5.91 Å². The molecule has 2 aromatic heterocycles. The number of hydrogen-bond acceptors (Lipinski definition) is 6. The van der Waals surface area contributed by atoms with Crippen molar-refractivity contribution in [3.8, 4) is 0 Å². The number of benzene rings is 1. The molecule has 1 aromatic carbocycles. The third kappa shape index (κ3) is 3.02. The molecule has 24 heavy (non-hydrogen) atoms. The van der Waals surface area contributed by atoms with E-state index in [9.17, 15) is 9.59 Å². The lowest BCUT2D eigenvalue weighted by Crippen LogP contribution is -2.26. The highest BCUT2D eigenvalue weighted by Gasteiger charge is 2.19. The highest BCUT2D eigenvalue weighted by Crippen LogP contribution is 2.22. The monoisotopic (exact) mass is 363 g/mol. The van der Waals surface area contributed by atoms with Crippen LogP contribution < -0.4 is 10.7 Å². The van der Waals surface area contributed by atoms with Crippen LogP contribution in [0.2, 0.25) is 5.02 Å². The second kappa shape index (κ2) is 6.29. The molecule has 1 N–H and O–H groups in total. The number of aryl methyl sites for hydroxylation is 1. The summed E-state index contributed by atoms with van der Waals surface area (Å²) in [6, 6.07) is 4.88. The van der Waals surface area contributed by atoms with Gasteiger partial charge in [-0.3, -0.25) is 19.6 Å². The van der Waals surface area contributed by atoms with E-state index in [1.165, 1.54) is 22.1 Å². The van der Waals surface area contributed by atoms with Crippen LogP contribution in [-0.2, 0) is 7.05 Å². The SMILES string of the molecule is CC(C)c1nnc(NC(=O)c2nn(C)c3ccc(Cl)cc3c2=O)s1. The van der Waals surface area contributed by atoms with Crippen molar-refractivity contribution in [3.05, 3.63) is 44.1 Å². The van der Waals surface area contributed by atoms with Crippen LogP contribution in [0.25, 0.3) is 10.9 Å². The van der Waals surface area contributed by atoms with Gasteiger partial charge < -0.3 is 0 Å². The number of nitrogens with one attached hydrogen (secondary N) is 1. The highest BCUT2D eigenvalue weighted by molar-refractivity contribution is 7.15. The van der Waals surface area contributed by atoms with Crippen LogP contribution in [-0.4, -0.2) is 25.9 Å². The second-order valence-corrected chi connectivity index (χ2v) is 6.96. The van der Waals surface area contributed by atoms with Gasteiger partial charge in [-0.1, -0.05) is 36.8 Å². The van der Waals surface area contributed by atoms with Crippen LogP contribution in [0.4, 0.5) is 5.13 Å². The Kier molecular flexibility index (Phi) is 4.33. The summed E-state index contributed by atoms with van der Waals surface area (Å²) >= 11 is 7.22. The summed E-state index contributed by atoms with van der Waals surface area (Å²) in [6.45, 7) is 3.97. The van der Waals surface area contributed by atoms with Gasteiger partial charge in [-0.05, 0) is 18.2 Å². The molecular formula is C15H14ClN5O2S. The van der Waals surface area contributed by atoms with E-state index in [-0.39, 0.29) is 11.6 Å². The molecule has 0 aliphatic carbocycles. The fraction of sp³-hybridized carbons (Fsp3) is 0.267. The topological polar surface area (TPSA) is 89.8 Å². The first-order valence-electron chi connectivity index (χ1n) is 7.18. The van der Waals surface area contributed by atoms with E-state index in [2.05, 4.69) is 20.6 Å². The molecule has 0 aliphatic heterocycles. The Morgan fingerprint density at radius 1 is 1.33 bits per heavy atom. The van der Waals surface area contributed by atoms with Crippen molar-refractivity contribution >= 4 is 44.9 Å². The van der Waals surface area contributed by atoms with E-state index in [1.807, 2.05) is 13.8 Å². The molecule has 0 atom stereocenters. The molecular weight excluding hydrogens is 350 g/mol. The average Bonchev–Trinajstić information content (AvgIpc) is 2.99. The zero-order chi connectivity index (χ0) is 17.4. The maximum atomic E-state index is 12.6. The van der Waals surface area contributed by atoms with Gasteiger partial charge in [0.05, 0.1) is 10.9 Å². The van der Waals surface area contributed by atoms with Crippen LogP contribution in [0.5, 0.6) is 0 Å². The molecule has 0 radical (unpaired) electrons. The average molecular weight is 364 g/mol. The quantitative estimate of drug-likeness (QED) is 0.772. The first-order chi connectivity index (χ1) is 11.4. The number of nitrogens with zero attached hydrogens (tertiary/aromatic N) is 4. The van der Waals surface area contributed by atoms with Gasteiger partial charge in [-0.2, -0.15) is 5.10 Å². The standard InChI is InChI=1S/C15H14ClN5O2S/c1-7(2)14-18-19-15(24-14)17-13(23)11-12(22)9-6-8(16)4-5-10(9)21(3)20-11/h4-7H,1-3H3,(H,17,19,23). The minimum atomic E-state index is -0.621. The molecule has 1 amide bonds. The van der Waals surface area contributed by atoms with Crippen molar-refractivity contribution in [1.29, 1.82) is 0 Å². The van der Waals surface area contributed by atoms with E-state index >= 15 is 0 Å². The molecule has 3 rings (SSSR count). The van der Waals surface area contributed by atoms with Crippen molar-refractivity contribution in [1.82, 2.24) is 20.0 Å². The van der Waals surface area contributed by atoms with Crippen molar-refractivity contribution in [2.45, 2.75) is 19.8 Å². The predicted molar refractivity (Wildman–Crippen MR) is 93.9 cm³/mol. The molecule has 9 heteroatoms. The number of hydrogen-bond donors (Lipinski definition) is 1. The molecule has 2 heterocycles. The van der Waals surface area contributed by atoms with Gasteiger partial charge in [0.2, 0.25) is 10.6 Å². The predicted octanol–water partition coefficient (Wildman–Crippen LogP) is 2.81. The molecule has 7 nitrogen and oxygen atoms in total. The van der Waals surface area contributed by atoms with Gasteiger partial charge in [-0.15, -0.1) is 10.2 Å². The van der Waals surface area contributed by atoms with E-state index < -0.39 is 11.3 Å². The van der Waals surface area contributed by atoms with Gasteiger partial charge >= 0.3 is 0 Å². The summed E-state index contributed by atoms with van der Waals surface area (Å²) in [5.74, 6) is -0.411. The Balaban J connectivity index is 2.00. The number of anilines is 1. The van der Waals surface area contributed by atoms with Crippen molar-refractivity contribution in [3.63, 3.8) is 0 Å². The Hall–Kier alpha value is -2.32. The molecule has 0 saturated heterocycles. The normalized spacial score (nSPS) is 11.2. The minimum absolute atomic E-state index is 0.210. The maximum absolute atomic E-state index is 12.6. The summed E-state index contributed by atoms with van der Waals surface area (Å²) in [5, 5.41) is 16.5. The number of amides is 1. The minimum Gasteiger partial charge on any atom is -0.295 e. The summed E-state index contributed by atoms with van der Waals surface area (Å²) in [5.41, 5.74) is -0.0933. The summed E-state index contributed by atoms with van der Waals surface area (Å²) < 4.78 is 1.47. The van der Waals surface area contributed by atoms with Crippen molar-refractivity contribution in [2.24, 2.45) is 7.05 Å². The van der Waals surface area contributed by atoms with Crippen molar-refractivity contribution < 1.29 is 4.79 Å². The summed E-state index contributed by atoms with van der Waals surface area (Å²) in [4.78, 5) is 25.0. The maximum Gasteiger partial charge on any atom is 0.282 e. The van der Waals surface area contributed by atoms with E-state index in [4.69, 9.17) is 11.6 Å². The number of fused-ring (bicyclic) bond motifs is 1. The third-order valence-corrected chi connectivity index (χ3v) is 4.76. The van der Waals surface area contributed by atoms with Gasteiger partial charge in [0.1, 0.15) is 5.01 Å². The van der Waals surface area contributed by atoms with Crippen LogP contribution in [0.3, 0.4) is 0 Å². The lowest BCUT2D eigenvalue weighted by Gasteiger charge is -2.07. The first kappa shape index (κ1) is 16.5. The zero-order valence-electron chi connectivity index (χ0n) is 13.2. The van der Waals surface area contributed by atoms with E-state index in [0.29, 0.717) is 21.1 Å². The zero-order valence-corrected chi connectivity index (χ0v) is 14.8. The third-order valence-electron chi connectivity index (χ3n) is 3.39. The lowest BCUT2D eigenvalue weighted by atomic mass is 10.2. The number of carbonyl (C=O) groups excluding carboxylic acids is 1. The Morgan fingerprint density at radius 2 is 2.08 bits per heavy atom. The van der Waals surface area contributed by atoms with Crippen LogP contribution in [0.1, 0.15) is 35.3 Å². The summed E-state index contributed by atoms with van der Waals surface area (Å²) in [7, 11) is 1.66. The Morgan fingerprint density at radius 3 is 2.75 bits per heavy atom. The number of rotatable bonds is 3. The first-order valence-corrected chi connectivity index (χ1v) is 8.37. The number of carbonyl (C=O) groups is 1. The molecule has 3 aromatic rings. The van der Waals surface area contributed by atoms with Crippen LogP contribution in [0, 0.1) is 0 Å². The lowest BCUT2D eigenvalue weighted by molar-refractivity contribution is 0.101. The number of aromatic nitrogens is 4. The smallest absolute Gasteiger partial charge is 0.282 e. The number of halogens is 1. The largest absolute Gasteiger partial charge is 0.295 e. The molecule has 0 fully saturated rings. The fourth-order valence-electron chi connectivity index (χ4n) is 2.17. The highest BCUT2D eigenvalue weighted by atomic mass is 35.5. The molecule has 124 valence electrons. The Labute approximate surface area is 146 Å². The van der Waals surface area contributed by atoms with Crippen LogP contribution in [0.15, 0.2) is 23.0 Å². The molecule has 0 aliphatic rings. The van der Waals surface area contributed by atoms with Gasteiger partial charge in [0, 0.05) is 18.0 Å². The molecule has 0 saturated carbocycles. The van der Waals surface area contributed by atoms with Gasteiger partial charge in [0.15, 0.2) is 5.69 Å². The van der Waals surface area contributed by atoms with E-state index in [1.54, 1.807) is 19.2 Å². The van der Waals surface area contributed by atoms with Gasteiger partial charge in [-0.25, -0.2) is 0 Å². The van der Waals surface area contributed by atoms with E-state index in [0.717, 1.165) is 5.01 Å². The van der Waals surface area contributed by atoms with Crippen molar-refractivity contribution in [2.75, 3.05) is 5.32 Å². The molecule has 0 bridgehead atoms. The summed E-state index contributed by atoms with van der Waals surface area (Å²) in [6.07, 6.45) is 0.